The summed E-state index contributed by atoms with van der Waals surface area (Å²) in [7, 11) is 0. The van der Waals surface area contributed by atoms with Crippen molar-refractivity contribution >= 4 is 11.6 Å². The van der Waals surface area contributed by atoms with Gasteiger partial charge in [0.2, 0.25) is 5.91 Å². The molecule has 0 heterocycles. The third kappa shape index (κ3) is 2.38. The monoisotopic (exact) mass is 203 g/mol. The van der Waals surface area contributed by atoms with Crippen LogP contribution in [0.25, 0.3) is 0 Å². The van der Waals surface area contributed by atoms with Crippen LogP contribution in [-0.2, 0) is 4.79 Å². The van der Waals surface area contributed by atoms with E-state index in [0.29, 0.717) is 5.92 Å². The van der Waals surface area contributed by atoms with Gasteiger partial charge in [-0.25, -0.2) is 0 Å². The molecule has 2 atom stereocenters. The normalized spacial score (nSPS) is 23.7. The zero-order chi connectivity index (χ0) is 11.0. The van der Waals surface area contributed by atoms with Gasteiger partial charge in [-0.15, -0.1) is 0 Å². The molecule has 2 nitrogen and oxygen atoms in total. The van der Waals surface area contributed by atoms with Gasteiger partial charge in [0, 0.05) is 11.6 Å². The third-order valence-electron chi connectivity index (χ3n) is 2.94. The van der Waals surface area contributed by atoms with E-state index in [9.17, 15) is 4.79 Å². The third-order valence-corrected chi connectivity index (χ3v) is 2.94. The summed E-state index contributed by atoms with van der Waals surface area (Å²) in [6, 6.07) is 6.13. The molecule has 80 valence electrons. The summed E-state index contributed by atoms with van der Waals surface area (Å²) in [5, 5.41) is 2.98. The van der Waals surface area contributed by atoms with Crippen molar-refractivity contribution < 1.29 is 4.79 Å². The minimum atomic E-state index is 0.174. The molecule has 0 bridgehead atoms. The average molecular weight is 203 g/mol. The molecule has 0 spiro atoms. The van der Waals surface area contributed by atoms with Crippen LogP contribution in [0.15, 0.2) is 18.2 Å². The molecule has 0 saturated heterocycles. The molecule has 15 heavy (non-hydrogen) atoms. The summed E-state index contributed by atoms with van der Waals surface area (Å²) in [6.07, 6.45) is 1.04. The van der Waals surface area contributed by atoms with E-state index < -0.39 is 0 Å². The Kier molecular flexibility index (Phi) is 2.51. The molecule has 0 aliphatic heterocycles. The van der Waals surface area contributed by atoms with E-state index in [-0.39, 0.29) is 11.8 Å². The zero-order valence-electron chi connectivity index (χ0n) is 9.50. The van der Waals surface area contributed by atoms with Crippen molar-refractivity contribution in [3.8, 4) is 0 Å². The van der Waals surface area contributed by atoms with Crippen LogP contribution in [0.3, 0.4) is 0 Å². The lowest BCUT2D eigenvalue weighted by Crippen LogP contribution is -2.14. The van der Waals surface area contributed by atoms with Crippen molar-refractivity contribution in [1.82, 2.24) is 0 Å². The lowest BCUT2D eigenvalue weighted by Gasteiger charge is -2.06. The van der Waals surface area contributed by atoms with Gasteiger partial charge < -0.3 is 5.32 Å². The molecule has 1 aliphatic rings. The van der Waals surface area contributed by atoms with Gasteiger partial charge in [0.15, 0.2) is 0 Å². The Balaban J connectivity index is 2.07. The molecule has 2 heteroatoms. The van der Waals surface area contributed by atoms with Gasteiger partial charge in [-0.1, -0.05) is 13.0 Å². The first-order valence-corrected chi connectivity index (χ1v) is 5.45. The fourth-order valence-electron chi connectivity index (χ4n) is 1.97. The standard InChI is InChI=1S/C13H17NO/c1-8-4-9(2)6-11(5-8)14-13(15)12-7-10(12)3/h4-6,10,12H,7H2,1-3H3,(H,14,15). The average Bonchev–Trinajstić information content (AvgIpc) is 2.80. The van der Waals surface area contributed by atoms with Crippen LogP contribution in [0.1, 0.15) is 24.5 Å². The predicted molar refractivity (Wildman–Crippen MR) is 61.8 cm³/mol. The molecule has 0 radical (unpaired) electrons. The smallest absolute Gasteiger partial charge is 0.227 e. The molecule has 0 aromatic heterocycles. The maximum absolute atomic E-state index is 11.7. The van der Waals surface area contributed by atoms with E-state index in [1.165, 1.54) is 11.1 Å². The summed E-state index contributed by atoms with van der Waals surface area (Å²) in [5.74, 6) is 0.981. The van der Waals surface area contributed by atoms with Gasteiger partial charge in [0.1, 0.15) is 0 Å². The van der Waals surface area contributed by atoms with Crippen LogP contribution in [0.5, 0.6) is 0 Å². The number of nitrogens with one attached hydrogen (secondary N) is 1. The Labute approximate surface area is 90.7 Å². The molecule has 2 rings (SSSR count). The predicted octanol–water partition coefficient (Wildman–Crippen LogP) is 2.90. The van der Waals surface area contributed by atoms with Gasteiger partial charge in [0.05, 0.1) is 0 Å². The maximum atomic E-state index is 11.7. The fourth-order valence-corrected chi connectivity index (χ4v) is 1.97. The van der Waals surface area contributed by atoms with E-state index in [2.05, 4.69) is 18.3 Å². The van der Waals surface area contributed by atoms with Crippen LogP contribution < -0.4 is 5.32 Å². The van der Waals surface area contributed by atoms with E-state index in [1.54, 1.807) is 0 Å². The molecule has 1 amide bonds. The first kappa shape index (κ1) is 10.2. The molecule has 1 aromatic carbocycles. The summed E-state index contributed by atoms with van der Waals surface area (Å²) >= 11 is 0. The Morgan fingerprint density at radius 2 is 1.80 bits per heavy atom. The van der Waals surface area contributed by atoms with Gasteiger partial charge in [-0.2, -0.15) is 0 Å². The van der Waals surface area contributed by atoms with Crippen molar-refractivity contribution in [2.75, 3.05) is 5.32 Å². The van der Waals surface area contributed by atoms with Crippen molar-refractivity contribution in [2.45, 2.75) is 27.2 Å². The van der Waals surface area contributed by atoms with Gasteiger partial charge in [0.25, 0.3) is 0 Å². The summed E-state index contributed by atoms with van der Waals surface area (Å²) in [5.41, 5.74) is 3.31. The van der Waals surface area contributed by atoms with Crippen LogP contribution in [0, 0.1) is 25.7 Å². The Bertz CT molecular complexity index is 377. The minimum absolute atomic E-state index is 0.174. The highest BCUT2D eigenvalue weighted by Gasteiger charge is 2.38. The van der Waals surface area contributed by atoms with Crippen LogP contribution >= 0.6 is 0 Å². The number of benzene rings is 1. The van der Waals surface area contributed by atoms with Gasteiger partial charge in [-0.3, -0.25) is 4.79 Å². The highest BCUT2D eigenvalue weighted by Crippen LogP contribution is 2.38. The lowest BCUT2D eigenvalue weighted by molar-refractivity contribution is -0.117. The Hall–Kier alpha value is -1.31. The first-order chi connectivity index (χ1) is 7.06. The number of amides is 1. The quantitative estimate of drug-likeness (QED) is 0.786. The molecule has 1 saturated carbocycles. The molecular weight excluding hydrogens is 186 g/mol. The summed E-state index contributed by atoms with van der Waals surface area (Å²) in [4.78, 5) is 11.7. The molecule has 2 unspecified atom stereocenters. The van der Waals surface area contributed by atoms with E-state index >= 15 is 0 Å². The van der Waals surface area contributed by atoms with Crippen molar-refractivity contribution in [2.24, 2.45) is 11.8 Å². The van der Waals surface area contributed by atoms with Crippen LogP contribution in [-0.4, -0.2) is 5.91 Å². The molecular formula is C13H17NO. The zero-order valence-corrected chi connectivity index (χ0v) is 9.50. The second kappa shape index (κ2) is 3.69. The highest BCUT2D eigenvalue weighted by atomic mass is 16.2. The van der Waals surface area contributed by atoms with E-state index in [1.807, 2.05) is 26.0 Å². The summed E-state index contributed by atoms with van der Waals surface area (Å²) in [6.45, 7) is 6.20. The topological polar surface area (TPSA) is 29.1 Å². The first-order valence-electron chi connectivity index (χ1n) is 5.45. The molecule has 1 aliphatic carbocycles. The van der Waals surface area contributed by atoms with Crippen molar-refractivity contribution in [3.05, 3.63) is 29.3 Å². The highest BCUT2D eigenvalue weighted by molar-refractivity contribution is 5.94. The molecule has 1 aromatic rings. The van der Waals surface area contributed by atoms with Gasteiger partial charge in [-0.05, 0) is 49.4 Å². The van der Waals surface area contributed by atoms with Crippen molar-refractivity contribution in [3.63, 3.8) is 0 Å². The molecule has 1 fully saturated rings. The second-order valence-electron chi connectivity index (χ2n) is 4.69. The summed E-state index contributed by atoms with van der Waals surface area (Å²) < 4.78 is 0. The minimum Gasteiger partial charge on any atom is -0.326 e. The van der Waals surface area contributed by atoms with Gasteiger partial charge >= 0.3 is 0 Å². The second-order valence-corrected chi connectivity index (χ2v) is 4.69. The van der Waals surface area contributed by atoms with E-state index in [4.69, 9.17) is 0 Å². The molecule has 1 N–H and O–H groups in total. The number of aryl methyl sites for hydroxylation is 2. The number of carbonyl (C=O) groups is 1. The maximum Gasteiger partial charge on any atom is 0.227 e. The van der Waals surface area contributed by atoms with Crippen LogP contribution in [0.4, 0.5) is 5.69 Å². The Morgan fingerprint density at radius 1 is 1.27 bits per heavy atom. The Morgan fingerprint density at radius 3 is 2.27 bits per heavy atom. The lowest BCUT2D eigenvalue weighted by atomic mass is 10.1. The van der Waals surface area contributed by atoms with E-state index in [0.717, 1.165) is 12.1 Å². The number of hydrogen-bond acceptors (Lipinski definition) is 1. The SMILES string of the molecule is Cc1cc(C)cc(NC(=O)C2CC2C)c1. The number of anilines is 1. The number of carbonyl (C=O) groups excluding carboxylic acids is 1. The van der Waals surface area contributed by atoms with Crippen LogP contribution in [0.2, 0.25) is 0 Å². The number of hydrogen-bond donors (Lipinski definition) is 1. The van der Waals surface area contributed by atoms with Crippen molar-refractivity contribution in [1.29, 1.82) is 0 Å². The largest absolute Gasteiger partial charge is 0.326 e. The fraction of sp³-hybridized carbons (Fsp3) is 0.462. The number of rotatable bonds is 2.